The number of imidazole rings is 1. The molecule has 6 atom stereocenters. The Morgan fingerprint density at radius 3 is 1.98 bits per heavy atom. The van der Waals surface area contributed by atoms with Crippen molar-refractivity contribution in [1.82, 2.24) is 41.5 Å². The molecule has 0 aliphatic rings. The van der Waals surface area contributed by atoms with Crippen LogP contribution in [0.5, 0.6) is 0 Å². The van der Waals surface area contributed by atoms with Crippen LogP contribution in [0, 0.1) is 5.92 Å². The molecule has 0 unspecified atom stereocenters. The summed E-state index contributed by atoms with van der Waals surface area (Å²) in [5, 5.41) is 32.2. The third-order valence-corrected chi connectivity index (χ3v) is 9.00. The molecule has 0 saturated carbocycles. The zero-order valence-corrected chi connectivity index (χ0v) is 32.6. The minimum atomic E-state index is -1.36. The van der Waals surface area contributed by atoms with Gasteiger partial charge in [0.25, 0.3) is 0 Å². The van der Waals surface area contributed by atoms with E-state index in [0.717, 1.165) is 10.9 Å². The summed E-state index contributed by atoms with van der Waals surface area (Å²) >= 11 is 0. The van der Waals surface area contributed by atoms with Crippen LogP contribution in [0.2, 0.25) is 0 Å². The van der Waals surface area contributed by atoms with Gasteiger partial charge in [-0.05, 0) is 50.2 Å². The number of aromatic nitrogens is 3. The number of aromatic amines is 2. The van der Waals surface area contributed by atoms with Crippen molar-refractivity contribution in [2.45, 2.75) is 102 Å². The Bertz CT molecular complexity index is 1910. The number of aliphatic carboxylic acids is 2. The van der Waals surface area contributed by atoms with Crippen molar-refractivity contribution >= 4 is 58.3 Å². The van der Waals surface area contributed by atoms with E-state index in [1.807, 2.05) is 32.0 Å². The highest BCUT2D eigenvalue weighted by Crippen LogP contribution is 2.20. The standard InChI is InChI=1S/C37H54N12O9/c1-19(2)13-27(47-31(52)24(38)10-11-30(50)51)33(54)48-28(14-21-16-43-25-8-5-4-7-23(21)25)34(55)49-29(15-22-17-41-18-44-22)35(56)46-26(9-6-12-42-37(39)40)32(53)45-20(3)36(57)58/h4-5,7-8,16-20,24,26-29,43H,6,9-15,38H2,1-3H3,(H,41,44)(H,45,53)(H,46,56)(H,47,52)(H,48,54)(H,49,55)(H,50,51)(H,57,58)(H4,39,40,42)/t20-,24-,26-,27-,28-,29-/m0/s1. The van der Waals surface area contributed by atoms with Crippen molar-refractivity contribution in [3.63, 3.8) is 0 Å². The molecule has 58 heavy (non-hydrogen) atoms. The molecular weight excluding hydrogens is 756 g/mol. The number of hydrogen-bond donors (Lipinski definition) is 12. The van der Waals surface area contributed by atoms with Crippen molar-refractivity contribution < 1.29 is 43.8 Å². The number of rotatable bonds is 24. The van der Waals surface area contributed by atoms with Crippen LogP contribution in [0.3, 0.4) is 0 Å². The number of benzene rings is 1. The van der Waals surface area contributed by atoms with Gasteiger partial charge in [-0.15, -0.1) is 0 Å². The molecule has 1 aromatic carbocycles. The summed E-state index contributed by atoms with van der Waals surface area (Å²) in [5.74, 6) is -6.62. The van der Waals surface area contributed by atoms with Crippen LogP contribution in [0.25, 0.3) is 10.9 Å². The van der Waals surface area contributed by atoms with Crippen LogP contribution < -0.4 is 43.8 Å². The van der Waals surface area contributed by atoms with Crippen LogP contribution in [0.1, 0.15) is 64.1 Å². The Balaban J connectivity index is 1.95. The SMILES string of the molecule is CC(C)C[C@H](NC(=O)[C@@H](N)CCC(=O)O)C(=O)N[C@@H](Cc1c[nH]c2ccccc12)C(=O)N[C@@H](Cc1cnc[nH]1)C(=O)N[C@@H](CCCN=C(N)N)C(=O)N[C@@H](C)C(=O)O. The molecule has 3 aromatic rings. The van der Waals surface area contributed by atoms with Crippen LogP contribution in [-0.4, -0.2) is 115 Å². The van der Waals surface area contributed by atoms with Gasteiger partial charge in [-0.3, -0.25) is 38.6 Å². The lowest BCUT2D eigenvalue weighted by atomic mass is 9.99. The normalized spacial score (nSPS) is 14.2. The molecule has 0 aliphatic heterocycles. The molecule has 5 amide bonds. The Labute approximate surface area is 334 Å². The fourth-order valence-electron chi connectivity index (χ4n) is 5.91. The van der Waals surface area contributed by atoms with E-state index in [0.29, 0.717) is 11.3 Å². The third-order valence-electron chi connectivity index (χ3n) is 9.00. The number of H-pyrrole nitrogens is 2. The smallest absolute Gasteiger partial charge is 0.325 e. The molecule has 0 spiro atoms. The lowest BCUT2D eigenvalue weighted by Crippen LogP contribution is -2.60. The molecule has 0 radical (unpaired) electrons. The molecule has 0 bridgehead atoms. The van der Waals surface area contributed by atoms with Gasteiger partial charge in [-0.25, -0.2) is 4.98 Å². The second-order valence-corrected chi connectivity index (χ2v) is 14.3. The van der Waals surface area contributed by atoms with Crippen molar-refractivity contribution in [2.75, 3.05) is 6.54 Å². The largest absolute Gasteiger partial charge is 0.481 e. The van der Waals surface area contributed by atoms with Crippen molar-refractivity contribution in [3.05, 3.63) is 54.2 Å². The number of amides is 5. The number of carboxylic acid groups (broad SMARTS) is 2. The van der Waals surface area contributed by atoms with Gasteiger partial charge < -0.3 is 64.0 Å². The maximum absolute atomic E-state index is 14.3. The minimum Gasteiger partial charge on any atom is -0.481 e. The summed E-state index contributed by atoms with van der Waals surface area (Å²) in [4.78, 5) is 105. The highest BCUT2D eigenvalue weighted by Gasteiger charge is 2.33. The quantitative estimate of drug-likeness (QED) is 0.0279. The van der Waals surface area contributed by atoms with Crippen molar-refractivity contribution in [2.24, 2.45) is 28.1 Å². The Morgan fingerprint density at radius 2 is 1.38 bits per heavy atom. The van der Waals surface area contributed by atoms with Crippen LogP contribution in [-0.2, 0) is 46.4 Å². The molecule has 0 aliphatic carbocycles. The summed E-state index contributed by atoms with van der Waals surface area (Å²) in [7, 11) is 0. The van der Waals surface area contributed by atoms with E-state index in [9.17, 15) is 38.7 Å². The second-order valence-electron chi connectivity index (χ2n) is 14.3. The number of nitrogens with zero attached hydrogens (tertiary/aromatic N) is 2. The first-order valence-electron chi connectivity index (χ1n) is 18.7. The summed E-state index contributed by atoms with van der Waals surface area (Å²) in [6.45, 7) is 5.00. The van der Waals surface area contributed by atoms with Gasteiger partial charge in [0.2, 0.25) is 29.5 Å². The monoisotopic (exact) mass is 810 g/mol. The predicted octanol–water partition coefficient (Wildman–Crippen LogP) is -1.50. The van der Waals surface area contributed by atoms with E-state index in [4.69, 9.17) is 22.3 Å². The van der Waals surface area contributed by atoms with Gasteiger partial charge in [-0.2, -0.15) is 0 Å². The summed E-state index contributed by atoms with van der Waals surface area (Å²) in [5.41, 5.74) is 18.6. The lowest BCUT2D eigenvalue weighted by molar-refractivity contribution is -0.142. The molecule has 0 saturated heterocycles. The first-order chi connectivity index (χ1) is 27.4. The second kappa shape index (κ2) is 22.3. The molecular formula is C37H54N12O9. The average molecular weight is 811 g/mol. The van der Waals surface area contributed by atoms with E-state index in [-0.39, 0.29) is 63.4 Å². The fourth-order valence-corrected chi connectivity index (χ4v) is 5.91. The van der Waals surface area contributed by atoms with Gasteiger partial charge in [0, 0.05) is 54.8 Å². The van der Waals surface area contributed by atoms with Gasteiger partial charge in [-0.1, -0.05) is 32.0 Å². The summed E-state index contributed by atoms with van der Waals surface area (Å²) in [6.07, 6.45) is 4.11. The number of nitrogens with one attached hydrogen (secondary N) is 7. The number of aliphatic imine (C=N–C) groups is 1. The molecule has 21 heteroatoms. The van der Waals surface area contributed by atoms with E-state index < -0.39 is 77.7 Å². The number of nitrogens with two attached hydrogens (primary N) is 3. The van der Waals surface area contributed by atoms with Gasteiger partial charge in [0.1, 0.15) is 30.2 Å². The zero-order chi connectivity index (χ0) is 42.9. The zero-order valence-electron chi connectivity index (χ0n) is 32.6. The first-order valence-corrected chi connectivity index (χ1v) is 18.7. The van der Waals surface area contributed by atoms with Crippen molar-refractivity contribution in [1.29, 1.82) is 0 Å². The number of fused-ring (bicyclic) bond motifs is 1. The van der Waals surface area contributed by atoms with Gasteiger partial charge in [0.15, 0.2) is 5.96 Å². The minimum absolute atomic E-state index is 0.00636. The van der Waals surface area contributed by atoms with E-state index in [2.05, 4.69) is 46.5 Å². The Morgan fingerprint density at radius 1 is 0.776 bits per heavy atom. The van der Waals surface area contributed by atoms with Crippen molar-refractivity contribution in [3.8, 4) is 0 Å². The van der Waals surface area contributed by atoms with E-state index in [1.165, 1.54) is 19.4 Å². The fraction of sp³-hybridized carbons (Fsp3) is 0.486. The number of carbonyl (C=O) groups is 7. The van der Waals surface area contributed by atoms with E-state index >= 15 is 0 Å². The van der Waals surface area contributed by atoms with Crippen LogP contribution >= 0.6 is 0 Å². The predicted molar refractivity (Wildman–Crippen MR) is 211 cm³/mol. The van der Waals surface area contributed by atoms with Crippen LogP contribution in [0.15, 0.2) is 48.0 Å². The first kappa shape index (κ1) is 45.9. The molecule has 0 fully saturated rings. The highest BCUT2D eigenvalue weighted by molar-refractivity contribution is 5.97. The Hall–Kier alpha value is -6.51. The number of para-hydroxylation sites is 1. The maximum atomic E-state index is 14.3. The molecule has 2 aromatic heterocycles. The number of carbonyl (C=O) groups excluding carboxylic acids is 5. The molecule has 3 rings (SSSR count). The number of hydrogen-bond acceptors (Lipinski definition) is 10. The molecule has 15 N–H and O–H groups in total. The Kier molecular flexibility index (Phi) is 17.6. The lowest BCUT2D eigenvalue weighted by Gasteiger charge is -2.27. The van der Waals surface area contributed by atoms with Crippen LogP contribution in [0.4, 0.5) is 0 Å². The molecule has 21 nitrogen and oxygen atoms in total. The summed E-state index contributed by atoms with van der Waals surface area (Å²) < 4.78 is 0. The highest BCUT2D eigenvalue weighted by atomic mass is 16.4. The number of guanidine groups is 1. The molecule has 316 valence electrons. The van der Waals surface area contributed by atoms with E-state index in [1.54, 1.807) is 12.3 Å². The molecule has 2 heterocycles. The number of carboxylic acids is 2. The van der Waals surface area contributed by atoms with Gasteiger partial charge >= 0.3 is 11.9 Å². The average Bonchev–Trinajstić information content (AvgIpc) is 3.83. The topological polar surface area (TPSA) is 355 Å². The van der Waals surface area contributed by atoms with Gasteiger partial charge in [0.05, 0.1) is 12.4 Å². The maximum Gasteiger partial charge on any atom is 0.325 e. The summed E-state index contributed by atoms with van der Waals surface area (Å²) in [6, 6.07) is -0.336. The third kappa shape index (κ3) is 14.9.